The Labute approximate surface area is 398 Å². The Morgan fingerprint density at radius 1 is 0.339 bits per heavy atom. The third-order valence-electron chi connectivity index (χ3n) is 14.0. The Balaban J connectivity index is 1.26. The van der Waals surface area contributed by atoms with Crippen LogP contribution in [0.2, 0.25) is 0 Å². The number of hydrogen-bond acceptors (Lipinski definition) is 4. The van der Waals surface area contributed by atoms with Crippen LogP contribution >= 0.6 is 45.3 Å². The van der Waals surface area contributed by atoms with E-state index in [0.29, 0.717) is 0 Å². The van der Waals surface area contributed by atoms with Gasteiger partial charge in [-0.15, -0.1) is 45.3 Å². The zero-order valence-corrected chi connectivity index (χ0v) is 43.7. The van der Waals surface area contributed by atoms with E-state index >= 15 is 0 Å². The molecule has 0 spiro atoms. The summed E-state index contributed by atoms with van der Waals surface area (Å²) in [5, 5.41) is 7.68. The molecule has 0 saturated carbocycles. The van der Waals surface area contributed by atoms with E-state index in [0.717, 1.165) is 11.8 Å². The van der Waals surface area contributed by atoms with E-state index < -0.39 is 0 Å². The van der Waals surface area contributed by atoms with Gasteiger partial charge < -0.3 is 0 Å². The first-order valence-electron chi connectivity index (χ1n) is 26.7. The third kappa shape index (κ3) is 17.7. The van der Waals surface area contributed by atoms with Gasteiger partial charge in [-0.1, -0.05) is 233 Å². The van der Waals surface area contributed by atoms with E-state index in [2.05, 4.69) is 97.5 Å². The zero-order valence-electron chi connectivity index (χ0n) is 40.4. The number of benzene rings is 1. The fourth-order valence-electron chi connectivity index (χ4n) is 10.2. The van der Waals surface area contributed by atoms with Crippen LogP contribution in [0.5, 0.6) is 0 Å². The lowest BCUT2D eigenvalue weighted by atomic mass is 9.91. The van der Waals surface area contributed by atoms with Crippen molar-refractivity contribution in [3.8, 4) is 20.9 Å². The molecular formula is C58H90S4. The highest BCUT2D eigenvalue weighted by atomic mass is 32.1. The molecule has 4 heterocycles. The second kappa shape index (κ2) is 31.5. The summed E-state index contributed by atoms with van der Waals surface area (Å²) in [6.07, 6.45) is 47.8. The Morgan fingerprint density at radius 2 is 0.629 bits per heavy atom. The smallest absolute Gasteiger partial charge is 0.0442 e. The van der Waals surface area contributed by atoms with Crippen molar-refractivity contribution in [2.75, 3.05) is 0 Å². The van der Waals surface area contributed by atoms with Crippen LogP contribution in [-0.4, -0.2) is 0 Å². The quantitative estimate of drug-likeness (QED) is 0.0346. The van der Waals surface area contributed by atoms with Crippen molar-refractivity contribution in [1.82, 2.24) is 0 Å². The molecule has 5 rings (SSSR count). The molecule has 2 atom stereocenters. The van der Waals surface area contributed by atoms with Crippen LogP contribution in [0.4, 0.5) is 0 Å². The molecule has 0 nitrogen and oxygen atoms in total. The second-order valence-corrected chi connectivity index (χ2v) is 23.6. The summed E-state index contributed by atoms with van der Waals surface area (Å²) < 4.78 is 2.99. The average molecular weight is 916 g/mol. The summed E-state index contributed by atoms with van der Waals surface area (Å²) in [5.41, 5.74) is 3.01. The summed E-state index contributed by atoms with van der Waals surface area (Å²) in [6, 6.07) is 14.9. The van der Waals surface area contributed by atoms with Crippen LogP contribution in [0.3, 0.4) is 0 Å². The summed E-state index contributed by atoms with van der Waals surface area (Å²) in [5.74, 6) is 1.66. The lowest BCUT2D eigenvalue weighted by Gasteiger charge is -2.16. The van der Waals surface area contributed by atoms with Crippen LogP contribution in [0.25, 0.3) is 41.1 Å². The summed E-state index contributed by atoms with van der Waals surface area (Å²) >= 11 is 8.15. The lowest BCUT2D eigenvalue weighted by molar-refractivity contribution is 0.402. The van der Waals surface area contributed by atoms with Gasteiger partial charge in [0, 0.05) is 50.8 Å². The number of fused-ring (bicyclic) bond motifs is 2. The molecule has 62 heavy (non-hydrogen) atoms. The summed E-state index contributed by atoms with van der Waals surface area (Å²) in [6.45, 7) is 9.32. The standard InChI is InChI=1S/C58H90S4/c1-5-9-13-17-21-23-27-31-35-47(33-29-25-19-15-11-7-3)45-49-37-39-53(61-49)55-51-41-43-60-58(51)56(52-42-44-59-57(52)55)54-40-38-50(62-54)46-48(34-30-26-20-16-12-8-4)36-32-28-24-22-18-14-10-6-2/h37-44,47-48H,5-36,45-46H2,1-4H3. The Kier molecular flexibility index (Phi) is 26.1. The predicted molar refractivity (Wildman–Crippen MR) is 289 cm³/mol. The molecule has 1 aromatic carbocycles. The molecule has 0 N–H and O–H groups in total. The van der Waals surface area contributed by atoms with Crippen molar-refractivity contribution in [3.05, 3.63) is 56.9 Å². The van der Waals surface area contributed by atoms with Crippen LogP contribution < -0.4 is 0 Å². The molecule has 0 aliphatic rings. The van der Waals surface area contributed by atoms with Gasteiger partial charge in [0.15, 0.2) is 0 Å². The normalized spacial score (nSPS) is 13.0. The van der Waals surface area contributed by atoms with Gasteiger partial charge in [0.2, 0.25) is 0 Å². The number of hydrogen-bond donors (Lipinski definition) is 0. The minimum atomic E-state index is 0.830. The van der Waals surface area contributed by atoms with Gasteiger partial charge >= 0.3 is 0 Å². The molecule has 0 bridgehead atoms. The van der Waals surface area contributed by atoms with E-state index in [1.54, 1.807) is 9.75 Å². The SMILES string of the molecule is CCCCCCCCCCC(CCCCCCCC)Cc1ccc(-c2c3ccsc3c(-c3ccc(CC(CCCCCCCC)CCCCCCCCCC)s3)c3ccsc23)s1. The molecule has 4 heteroatoms. The van der Waals surface area contributed by atoms with Gasteiger partial charge in [-0.05, 0) is 71.8 Å². The van der Waals surface area contributed by atoms with Crippen molar-refractivity contribution in [2.24, 2.45) is 11.8 Å². The van der Waals surface area contributed by atoms with Gasteiger partial charge in [0.05, 0.1) is 0 Å². The Morgan fingerprint density at radius 3 is 0.935 bits per heavy atom. The van der Waals surface area contributed by atoms with E-state index in [4.69, 9.17) is 0 Å². The van der Waals surface area contributed by atoms with Gasteiger partial charge in [0.25, 0.3) is 0 Å². The highest BCUT2D eigenvalue weighted by Crippen LogP contribution is 2.50. The van der Waals surface area contributed by atoms with Crippen molar-refractivity contribution < 1.29 is 0 Å². The molecule has 0 aliphatic carbocycles. The molecule has 0 radical (unpaired) electrons. The number of rotatable bonds is 38. The highest BCUT2D eigenvalue weighted by molar-refractivity contribution is 7.22. The lowest BCUT2D eigenvalue weighted by Crippen LogP contribution is -2.04. The zero-order chi connectivity index (χ0) is 43.5. The average Bonchev–Trinajstić information content (AvgIpc) is 4.13. The van der Waals surface area contributed by atoms with Crippen molar-refractivity contribution in [2.45, 2.75) is 246 Å². The first-order chi connectivity index (χ1) is 30.7. The van der Waals surface area contributed by atoms with Gasteiger partial charge in [-0.2, -0.15) is 0 Å². The monoisotopic (exact) mass is 915 g/mol. The van der Waals surface area contributed by atoms with E-state index in [9.17, 15) is 0 Å². The van der Waals surface area contributed by atoms with Crippen LogP contribution in [0.1, 0.15) is 243 Å². The van der Waals surface area contributed by atoms with Crippen LogP contribution in [0.15, 0.2) is 47.2 Å². The third-order valence-corrected chi connectivity index (χ3v) is 18.1. The van der Waals surface area contributed by atoms with E-state index in [-0.39, 0.29) is 0 Å². The maximum atomic E-state index is 2.51. The molecule has 346 valence electrons. The minimum absolute atomic E-state index is 0.830. The molecule has 4 aromatic heterocycles. The van der Waals surface area contributed by atoms with Gasteiger partial charge in [-0.25, -0.2) is 0 Å². The molecule has 0 fully saturated rings. The van der Waals surface area contributed by atoms with Gasteiger partial charge in [0.1, 0.15) is 0 Å². The first kappa shape index (κ1) is 51.5. The molecule has 5 aromatic rings. The van der Waals surface area contributed by atoms with Crippen LogP contribution in [-0.2, 0) is 12.8 Å². The number of unbranched alkanes of at least 4 members (excludes halogenated alkanes) is 24. The van der Waals surface area contributed by atoms with Crippen LogP contribution in [0, 0.1) is 11.8 Å². The maximum absolute atomic E-state index is 2.51. The fourth-order valence-corrected chi connectivity index (χ4v) is 14.7. The predicted octanol–water partition coefficient (Wildman–Crippen LogP) is 22.5. The minimum Gasteiger partial charge on any atom is -0.143 e. The fraction of sp³-hybridized carbons (Fsp3) is 0.690. The van der Waals surface area contributed by atoms with Crippen molar-refractivity contribution in [3.63, 3.8) is 0 Å². The van der Waals surface area contributed by atoms with Gasteiger partial charge in [-0.3, -0.25) is 0 Å². The molecule has 0 aliphatic heterocycles. The second-order valence-electron chi connectivity index (χ2n) is 19.4. The van der Waals surface area contributed by atoms with E-state index in [1.807, 2.05) is 22.7 Å². The molecule has 0 amide bonds. The number of thiophene rings is 4. The maximum Gasteiger partial charge on any atom is 0.0442 e. The summed E-state index contributed by atoms with van der Waals surface area (Å²) in [7, 11) is 0. The molecule has 2 unspecified atom stereocenters. The summed E-state index contributed by atoms with van der Waals surface area (Å²) in [4.78, 5) is 6.19. The van der Waals surface area contributed by atoms with Crippen molar-refractivity contribution in [1.29, 1.82) is 0 Å². The Hall–Kier alpha value is -1.46. The first-order valence-corrected chi connectivity index (χ1v) is 30.1. The Bertz CT molecular complexity index is 1670. The highest BCUT2D eigenvalue weighted by Gasteiger charge is 2.22. The van der Waals surface area contributed by atoms with Crippen molar-refractivity contribution >= 4 is 65.5 Å². The topological polar surface area (TPSA) is 0 Å². The largest absolute Gasteiger partial charge is 0.143 e. The van der Waals surface area contributed by atoms with E-state index in [1.165, 1.54) is 259 Å². The molecular weight excluding hydrogens is 825 g/mol. The molecule has 0 saturated heterocycles.